The topological polar surface area (TPSA) is 66.8 Å². The van der Waals surface area contributed by atoms with Crippen molar-refractivity contribution in [3.05, 3.63) is 35.9 Å². The van der Waals surface area contributed by atoms with E-state index in [0.29, 0.717) is 19.7 Å². The zero-order valence-corrected chi connectivity index (χ0v) is 13.1. The van der Waals surface area contributed by atoms with E-state index in [0.717, 1.165) is 5.56 Å². The molecule has 1 heterocycles. The lowest BCUT2D eigenvalue weighted by Gasteiger charge is -2.35. The van der Waals surface area contributed by atoms with Gasteiger partial charge in [-0.3, -0.25) is 9.59 Å². The Labute approximate surface area is 130 Å². The van der Waals surface area contributed by atoms with Crippen LogP contribution >= 0.6 is 0 Å². The number of carbonyl (C=O) groups excluding carboxylic acids is 1. The van der Waals surface area contributed by atoms with E-state index in [-0.39, 0.29) is 24.2 Å². The van der Waals surface area contributed by atoms with E-state index in [1.807, 2.05) is 44.2 Å². The largest absolute Gasteiger partial charge is 0.481 e. The maximum Gasteiger partial charge on any atom is 0.306 e. The Hall–Kier alpha value is -1.88. The molecule has 120 valence electrons. The molecule has 5 nitrogen and oxygen atoms in total. The monoisotopic (exact) mass is 305 g/mol. The molecule has 2 unspecified atom stereocenters. The maximum absolute atomic E-state index is 12.9. The van der Waals surface area contributed by atoms with Crippen LogP contribution in [-0.2, 0) is 14.3 Å². The average molecular weight is 305 g/mol. The van der Waals surface area contributed by atoms with Crippen molar-refractivity contribution in [2.45, 2.75) is 32.3 Å². The van der Waals surface area contributed by atoms with Gasteiger partial charge in [0.25, 0.3) is 0 Å². The van der Waals surface area contributed by atoms with Crippen LogP contribution in [0.25, 0.3) is 0 Å². The van der Waals surface area contributed by atoms with Crippen molar-refractivity contribution in [1.82, 2.24) is 4.90 Å². The molecule has 2 atom stereocenters. The van der Waals surface area contributed by atoms with Crippen molar-refractivity contribution in [3.8, 4) is 0 Å². The van der Waals surface area contributed by atoms with E-state index in [4.69, 9.17) is 9.84 Å². The molecule has 1 saturated heterocycles. The van der Waals surface area contributed by atoms with Crippen LogP contribution in [0.3, 0.4) is 0 Å². The smallest absolute Gasteiger partial charge is 0.306 e. The summed E-state index contributed by atoms with van der Waals surface area (Å²) in [5.74, 6) is -0.872. The maximum atomic E-state index is 12.9. The van der Waals surface area contributed by atoms with Crippen LogP contribution in [0.15, 0.2) is 30.3 Å². The Bertz CT molecular complexity index is 515. The van der Waals surface area contributed by atoms with Gasteiger partial charge in [-0.05, 0) is 11.5 Å². The van der Waals surface area contributed by atoms with Gasteiger partial charge in [0.05, 0.1) is 25.0 Å². The second kappa shape index (κ2) is 7.40. The van der Waals surface area contributed by atoms with Crippen LogP contribution in [0.4, 0.5) is 0 Å². The number of hydrogen-bond donors (Lipinski definition) is 1. The molecule has 0 radical (unpaired) electrons. The van der Waals surface area contributed by atoms with Crippen LogP contribution in [0.5, 0.6) is 0 Å². The quantitative estimate of drug-likeness (QED) is 0.905. The van der Waals surface area contributed by atoms with Gasteiger partial charge >= 0.3 is 5.97 Å². The number of carbonyl (C=O) groups is 2. The highest BCUT2D eigenvalue weighted by atomic mass is 16.5. The van der Waals surface area contributed by atoms with E-state index in [2.05, 4.69) is 0 Å². The molecule has 1 aromatic rings. The third-order valence-electron chi connectivity index (χ3n) is 3.94. The number of carboxylic acids is 1. The summed E-state index contributed by atoms with van der Waals surface area (Å²) < 4.78 is 5.44. The van der Waals surface area contributed by atoms with Crippen LogP contribution in [0.1, 0.15) is 31.7 Å². The predicted octanol–water partition coefficient (Wildman–Crippen LogP) is 2.13. The van der Waals surface area contributed by atoms with Gasteiger partial charge in [-0.2, -0.15) is 0 Å². The Kier molecular flexibility index (Phi) is 5.55. The van der Waals surface area contributed by atoms with Gasteiger partial charge in [-0.15, -0.1) is 0 Å². The molecular formula is C17H23NO4. The third kappa shape index (κ3) is 4.07. The first-order valence-corrected chi connectivity index (χ1v) is 7.66. The number of aliphatic carboxylic acids is 1. The summed E-state index contributed by atoms with van der Waals surface area (Å²) in [6.07, 6.45) is -0.486. The van der Waals surface area contributed by atoms with Gasteiger partial charge in [-0.25, -0.2) is 0 Å². The van der Waals surface area contributed by atoms with Crippen LogP contribution in [-0.4, -0.2) is 47.7 Å². The van der Waals surface area contributed by atoms with Crippen LogP contribution in [0, 0.1) is 5.92 Å². The first-order valence-electron chi connectivity index (χ1n) is 7.66. The number of morpholine rings is 1. The number of hydrogen-bond acceptors (Lipinski definition) is 3. The fraction of sp³-hybridized carbons (Fsp3) is 0.529. The lowest BCUT2D eigenvalue weighted by atomic mass is 9.87. The standard InChI is InChI=1S/C17H23NO4/c1-12(2)16(13-6-4-3-5-7-13)17(21)18-8-9-22-14(11-18)10-15(19)20/h3-7,12,14,16H,8-11H2,1-2H3,(H,19,20). The van der Waals surface area contributed by atoms with Crippen LogP contribution in [0.2, 0.25) is 0 Å². The first kappa shape index (κ1) is 16.5. The lowest BCUT2D eigenvalue weighted by Crippen LogP contribution is -2.48. The molecule has 1 N–H and O–H groups in total. The number of nitrogens with zero attached hydrogens (tertiary/aromatic N) is 1. The highest BCUT2D eigenvalue weighted by Gasteiger charge is 2.32. The summed E-state index contributed by atoms with van der Waals surface area (Å²) in [6.45, 7) is 5.32. The van der Waals surface area contributed by atoms with Gasteiger partial charge in [0.15, 0.2) is 0 Å². The minimum atomic E-state index is -0.900. The molecule has 1 aliphatic rings. The minimum absolute atomic E-state index is 0.0555. The minimum Gasteiger partial charge on any atom is -0.481 e. The van der Waals surface area contributed by atoms with Crippen LogP contribution < -0.4 is 0 Å². The van der Waals surface area contributed by atoms with E-state index < -0.39 is 12.1 Å². The molecule has 1 aromatic carbocycles. The van der Waals surface area contributed by atoms with Crippen molar-refractivity contribution in [1.29, 1.82) is 0 Å². The second-order valence-electron chi connectivity index (χ2n) is 6.01. The van der Waals surface area contributed by atoms with Gasteiger partial charge < -0.3 is 14.7 Å². The number of amides is 1. The number of carboxylic acid groups (broad SMARTS) is 1. The van der Waals surface area contributed by atoms with Gasteiger partial charge in [0.2, 0.25) is 5.91 Å². The fourth-order valence-electron chi connectivity index (χ4n) is 2.91. The zero-order valence-electron chi connectivity index (χ0n) is 13.1. The predicted molar refractivity (Wildman–Crippen MR) is 82.6 cm³/mol. The SMILES string of the molecule is CC(C)C(C(=O)N1CCOC(CC(=O)O)C1)c1ccccc1. The molecular weight excluding hydrogens is 282 g/mol. The van der Waals surface area contributed by atoms with E-state index >= 15 is 0 Å². The average Bonchev–Trinajstić information content (AvgIpc) is 2.47. The number of rotatable bonds is 5. The Morgan fingerprint density at radius 1 is 1.32 bits per heavy atom. The Balaban J connectivity index is 2.12. The zero-order chi connectivity index (χ0) is 16.1. The summed E-state index contributed by atoms with van der Waals surface area (Å²) in [4.78, 5) is 25.5. The second-order valence-corrected chi connectivity index (χ2v) is 6.01. The molecule has 0 aromatic heterocycles. The highest BCUT2D eigenvalue weighted by Crippen LogP contribution is 2.27. The molecule has 0 aliphatic carbocycles. The van der Waals surface area contributed by atoms with Crippen molar-refractivity contribution in [2.75, 3.05) is 19.7 Å². The van der Waals surface area contributed by atoms with Gasteiger partial charge in [0, 0.05) is 13.1 Å². The van der Waals surface area contributed by atoms with Crippen molar-refractivity contribution < 1.29 is 19.4 Å². The molecule has 1 amide bonds. The molecule has 0 bridgehead atoms. The molecule has 22 heavy (non-hydrogen) atoms. The molecule has 1 aliphatic heterocycles. The summed E-state index contributed by atoms with van der Waals surface area (Å²) in [7, 11) is 0. The molecule has 1 fully saturated rings. The molecule has 0 saturated carbocycles. The van der Waals surface area contributed by atoms with Gasteiger partial charge in [0.1, 0.15) is 0 Å². The summed E-state index contributed by atoms with van der Waals surface area (Å²) in [6, 6.07) is 9.74. The Morgan fingerprint density at radius 2 is 2.00 bits per heavy atom. The molecule has 5 heteroatoms. The summed E-state index contributed by atoms with van der Waals surface area (Å²) >= 11 is 0. The highest BCUT2D eigenvalue weighted by molar-refractivity contribution is 5.84. The van der Waals surface area contributed by atoms with Crippen molar-refractivity contribution >= 4 is 11.9 Å². The summed E-state index contributed by atoms with van der Waals surface area (Å²) in [5, 5.41) is 8.88. The Morgan fingerprint density at radius 3 is 2.59 bits per heavy atom. The van der Waals surface area contributed by atoms with E-state index in [1.165, 1.54) is 0 Å². The third-order valence-corrected chi connectivity index (χ3v) is 3.94. The van der Waals surface area contributed by atoms with Gasteiger partial charge in [-0.1, -0.05) is 44.2 Å². The number of benzene rings is 1. The molecule has 2 rings (SSSR count). The normalized spacial score (nSPS) is 20.0. The molecule has 0 spiro atoms. The lowest BCUT2D eigenvalue weighted by molar-refractivity contribution is -0.149. The first-order chi connectivity index (χ1) is 10.5. The van der Waals surface area contributed by atoms with Crippen molar-refractivity contribution in [2.24, 2.45) is 5.92 Å². The van der Waals surface area contributed by atoms with E-state index in [1.54, 1.807) is 4.90 Å². The van der Waals surface area contributed by atoms with Crippen molar-refractivity contribution in [3.63, 3.8) is 0 Å². The van der Waals surface area contributed by atoms with E-state index in [9.17, 15) is 9.59 Å². The number of ether oxygens (including phenoxy) is 1. The summed E-state index contributed by atoms with van der Waals surface area (Å²) in [5.41, 5.74) is 1.00. The fourth-order valence-corrected chi connectivity index (χ4v) is 2.91.